The molecule has 0 aliphatic rings. The van der Waals surface area contributed by atoms with Crippen LogP contribution in [0.15, 0.2) is 53.4 Å². The van der Waals surface area contributed by atoms with Crippen LogP contribution in [-0.4, -0.2) is 24.4 Å². The molecule has 2 aromatic carbocycles. The van der Waals surface area contributed by atoms with Gasteiger partial charge >= 0.3 is 16.1 Å². The molecule has 22 heavy (non-hydrogen) atoms. The summed E-state index contributed by atoms with van der Waals surface area (Å²) in [6.45, 7) is 0. The minimum absolute atomic E-state index is 0.0608. The van der Waals surface area contributed by atoms with E-state index in [2.05, 4.69) is 0 Å². The second-order valence-electron chi connectivity index (χ2n) is 4.12. The van der Waals surface area contributed by atoms with Gasteiger partial charge in [-0.3, -0.25) is 10.1 Å². The molecule has 114 valence electrons. The van der Waals surface area contributed by atoms with Crippen LogP contribution in [0.25, 0.3) is 0 Å². The topological polar surface area (TPSA) is 124 Å². The number of carboxylic acids is 1. The van der Waals surface area contributed by atoms with E-state index in [0.29, 0.717) is 0 Å². The third-order valence-electron chi connectivity index (χ3n) is 2.64. The molecule has 9 heteroatoms. The molecule has 0 saturated heterocycles. The standard InChI is InChI=1S/C13H9NO7S/c15-13(16)9-1-7-12(8-2-9)22(19,20)21-11-5-3-10(4-6-11)14(17)18/h1-8H,(H,15,16). The molecule has 0 heterocycles. The predicted octanol–water partition coefficient (Wildman–Crippen LogP) is 2.06. The molecule has 0 aliphatic carbocycles. The van der Waals surface area contributed by atoms with Crippen molar-refractivity contribution in [3.63, 3.8) is 0 Å². The number of aromatic carboxylic acids is 1. The van der Waals surface area contributed by atoms with Gasteiger partial charge in [0, 0.05) is 12.1 Å². The van der Waals surface area contributed by atoms with E-state index in [-0.39, 0.29) is 21.9 Å². The Morgan fingerprint density at radius 3 is 2.05 bits per heavy atom. The van der Waals surface area contributed by atoms with Crippen LogP contribution < -0.4 is 4.18 Å². The lowest BCUT2D eigenvalue weighted by Gasteiger charge is -2.07. The van der Waals surface area contributed by atoms with Gasteiger partial charge in [0.25, 0.3) is 5.69 Å². The number of rotatable bonds is 5. The molecule has 1 N–H and O–H groups in total. The average molecular weight is 323 g/mol. The molecule has 0 bridgehead atoms. The molecular weight excluding hydrogens is 314 g/mol. The van der Waals surface area contributed by atoms with Crippen molar-refractivity contribution in [2.24, 2.45) is 0 Å². The van der Waals surface area contributed by atoms with Gasteiger partial charge in [0.1, 0.15) is 10.6 Å². The molecule has 0 amide bonds. The molecule has 0 atom stereocenters. The zero-order valence-corrected chi connectivity index (χ0v) is 11.7. The number of nitro groups is 1. The lowest BCUT2D eigenvalue weighted by atomic mass is 10.2. The molecule has 0 unspecified atom stereocenters. The van der Waals surface area contributed by atoms with Crippen molar-refractivity contribution in [3.05, 3.63) is 64.2 Å². The van der Waals surface area contributed by atoms with Crippen molar-refractivity contribution in [2.45, 2.75) is 4.90 Å². The number of benzene rings is 2. The molecule has 0 aliphatic heterocycles. The fraction of sp³-hybridized carbons (Fsp3) is 0. The minimum atomic E-state index is -4.15. The summed E-state index contributed by atoms with van der Waals surface area (Å²) in [6.07, 6.45) is 0. The lowest BCUT2D eigenvalue weighted by molar-refractivity contribution is -0.384. The molecule has 0 radical (unpaired) electrons. The Morgan fingerprint density at radius 2 is 1.59 bits per heavy atom. The largest absolute Gasteiger partial charge is 0.478 e. The smallest absolute Gasteiger partial charge is 0.339 e. The van der Waals surface area contributed by atoms with Gasteiger partial charge in [-0.2, -0.15) is 8.42 Å². The summed E-state index contributed by atoms with van der Waals surface area (Å²) >= 11 is 0. The summed E-state index contributed by atoms with van der Waals surface area (Å²) in [4.78, 5) is 20.4. The van der Waals surface area contributed by atoms with E-state index < -0.39 is 21.0 Å². The summed E-state index contributed by atoms with van der Waals surface area (Å²) < 4.78 is 28.8. The number of nitrogens with zero attached hydrogens (tertiary/aromatic N) is 1. The molecule has 2 aromatic rings. The Balaban J connectivity index is 2.23. The van der Waals surface area contributed by atoms with Crippen molar-refractivity contribution < 1.29 is 27.4 Å². The molecule has 2 rings (SSSR count). The molecular formula is C13H9NO7S. The highest BCUT2D eigenvalue weighted by atomic mass is 32.2. The van der Waals surface area contributed by atoms with E-state index in [1.165, 1.54) is 0 Å². The van der Waals surface area contributed by atoms with Crippen LogP contribution in [0.2, 0.25) is 0 Å². The summed E-state index contributed by atoms with van der Waals surface area (Å²) in [7, 11) is -4.15. The van der Waals surface area contributed by atoms with Crippen molar-refractivity contribution >= 4 is 21.8 Å². The zero-order chi connectivity index (χ0) is 16.3. The van der Waals surface area contributed by atoms with Gasteiger partial charge in [0.15, 0.2) is 0 Å². The molecule has 0 spiro atoms. The Bertz CT molecular complexity index is 810. The Hall–Kier alpha value is -2.94. The molecule has 8 nitrogen and oxygen atoms in total. The SMILES string of the molecule is O=C(O)c1ccc(S(=O)(=O)Oc2ccc([N+](=O)[O-])cc2)cc1. The summed E-state index contributed by atoms with van der Waals surface area (Å²) in [5, 5.41) is 19.3. The van der Waals surface area contributed by atoms with Crippen molar-refractivity contribution in [2.75, 3.05) is 0 Å². The second kappa shape index (κ2) is 5.82. The number of nitro benzene ring substituents is 1. The highest BCUT2D eigenvalue weighted by Crippen LogP contribution is 2.22. The second-order valence-corrected chi connectivity index (χ2v) is 5.66. The Labute approximate surface area is 124 Å². The van der Waals surface area contributed by atoms with Crippen LogP contribution in [0, 0.1) is 10.1 Å². The Morgan fingerprint density at radius 1 is 1.05 bits per heavy atom. The lowest BCUT2D eigenvalue weighted by Crippen LogP contribution is -2.10. The minimum Gasteiger partial charge on any atom is -0.478 e. The number of non-ortho nitro benzene ring substituents is 1. The number of hydrogen-bond donors (Lipinski definition) is 1. The van der Waals surface area contributed by atoms with Crippen LogP contribution in [0.3, 0.4) is 0 Å². The normalized spacial score (nSPS) is 10.9. The maximum absolute atomic E-state index is 12.0. The first-order valence-electron chi connectivity index (χ1n) is 5.82. The van der Waals surface area contributed by atoms with Gasteiger partial charge in [-0.05, 0) is 36.4 Å². The quantitative estimate of drug-likeness (QED) is 0.507. The van der Waals surface area contributed by atoms with Crippen molar-refractivity contribution in [1.29, 1.82) is 0 Å². The summed E-state index contributed by atoms with van der Waals surface area (Å²) in [5.41, 5.74) is -0.259. The zero-order valence-electron chi connectivity index (χ0n) is 10.9. The van der Waals surface area contributed by atoms with Crippen LogP contribution >= 0.6 is 0 Å². The van der Waals surface area contributed by atoms with Crippen LogP contribution in [0.5, 0.6) is 5.75 Å². The van der Waals surface area contributed by atoms with Crippen LogP contribution in [0.1, 0.15) is 10.4 Å². The fourth-order valence-electron chi connectivity index (χ4n) is 1.56. The van der Waals surface area contributed by atoms with Crippen LogP contribution in [0.4, 0.5) is 5.69 Å². The maximum atomic E-state index is 12.0. The molecule has 0 aromatic heterocycles. The maximum Gasteiger partial charge on any atom is 0.339 e. The van der Waals surface area contributed by atoms with Gasteiger partial charge in [-0.15, -0.1) is 0 Å². The molecule has 0 fully saturated rings. The third kappa shape index (κ3) is 3.38. The number of hydrogen-bond acceptors (Lipinski definition) is 6. The highest BCUT2D eigenvalue weighted by molar-refractivity contribution is 7.87. The van der Waals surface area contributed by atoms with Gasteiger partial charge in [0.05, 0.1) is 10.5 Å². The van der Waals surface area contributed by atoms with Gasteiger partial charge in [-0.1, -0.05) is 0 Å². The number of carboxylic acid groups (broad SMARTS) is 1. The van der Waals surface area contributed by atoms with E-state index >= 15 is 0 Å². The van der Waals surface area contributed by atoms with Crippen molar-refractivity contribution in [3.8, 4) is 5.75 Å². The first-order chi connectivity index (χ1) is 10.3. The first kappa shape index (κ1) is 15.4. The average Bonchev–Trinajstić information content (AvgIpc) is 2.47. The van der Waals surface area contributed by atoms with Crippen LogP contribution in [-0.2, 0) is 10.1 Å². The fourth-order valence-corrected chi connectivity index (χ4v) is 2.49. The van der Waals surface area contributed by atoms with Gasteiger partial charge in [0.2, 0.25) is 0 Å². The number of carbonyl (C=O) groups is 1. The van der Waals surface area contributed by atoms with E-state index in [1.54, 1.807) is 0 Å². The van der Waals surface area contributed by atoms with E-state index in [4.69, 9.17) is 9.29 Å². The first-order valence-corrected chi connectivity index (χ1v) is 7.23. The summed E-state index contributed by atoms with van der Waals surface area (Å²) in [6, 6.07) is 9.00. The van der Waals surface area contributed by atoms with E-state index in [9.17, 15) is 23.3 Å². The van der Waals surface area contributed by atoms with Crippen molar-refractivity contribution in [1.82, 2.24) is 0 Å². The third-order valence-corrected chi connectivity index (χ3v) is 3.90. The van der Waals surface area contributed by atoms with E-state index in [0.717, 1.165) is 48.5 Å². The predicted molar refractivity (Wildman–Crippen MR) is 74.3 cm³/mol. The summed E-state index contributed by atoms with van der Waals surface area (Å²) in [5.74, 6) is -1.27. The monoisotopic (exact) mass is 323 g/mol. The van der Waals surface area contributed by atoms with Gasteiger partial charge in [-0.25, -0.2) is 4.79 Å². The highest BCUT2D eigenvalue weighted by Gasteiger charge is 2.18. The Kier molecular flexibility index (Phi) is 4.08. The van der Waals surface area contributed by atoms with E-state index in [1.807, 2.05) is 0 Å². The van der Waals surface area contributed by atoms with Gasteiger partial charge < -0.3 is 9.29 Å². The molecule has 0 saturated carbocycles.